The fourth-order valence-electron chi connectivity index (χ4n) is 2.86. The van der Waals surface area contributed by atoms with Crippen molar-refractivity contribution in [3.05, 3.63) is 77.1 Å². The lowest BCUT2D eigenvalue weighted by molar-refractivity contribution is -0.116. The van der Waals surface area contributed by atoms with Gasteiger partial charge >= 0.3 is 0 Å². The molecule has 25 heavy (non-hydrogen) atoms. The second-order valence-corrected chi connectivity index (χ2v) is 6.39. The Hall–Kier alpha value is -2.88. The van der Waals surface area contributed by atoms with Gasteiger partial charge in [-0.2, -0.15) is 5.10 Å². The van der Waals surface area contributed by atoms with Crippen molar-refractivity contribution in [2.45, 2.75) is 33.6 Å². The van der Waals surface area contributed by atoms with Crippen LogP contribution in [0, 0.1) is 20.8 Å². The molecule has 2 aromatic carbocycles. The van der Waals surface area contributed by atoms with E-state index in [4.69, 9.17) is 0 Å². The summed E-state index contributed by atoms with van der Waals surface area (Å²) in [7, 11) is 0. The minimum absolute atomic E-state index is 0.00885. The van der Waals surface area contributed by atoms with E-state index in [0.29, 0.717) is 6.42 Å². The van der Waals surface area contributed by atoms with Crippen LogP contribution in [-0.4, -0.2) is 15.7 Å². The summed E-state index contributed by atoms with van der Waals surface area (Å²) in [4.78, 5) is 12.4. The summed E-state index contributed by atoms with van der Waals surface area (Å²) in [5, 5.41) is 7.54. The first-order valence-electron chi connectivity index (χ1n) is 8.51. The van der Waals surface area contributed by atoms with E-state index in [-0.39, 0.29) is 5.91 Å². The third-order valence-corrected chi connectivity index (χ3v) is 4.18. The van der Waals surface area contributed by atoms with Gasteiger partial charge in [0.05, 0.1) is 17.1 Å². The van der Waals surface area contributed by atoms with Gasteiger partial charge in [-0.05, 0) is 51.0 Å². The maximum absolute atomic E-state index is 12.4. The molecule has 3 rings (SSSR count). The van der Waals surface area contributed by atoms with Crippen molar-refractivity contribution in [1.29, 1.82) is 0 Å². The number of aromatic nitrogens is 2. The molecule has 128 valence electrons. The Kier molecular flexibility index (Phi) is 4.98. The molecule has 1 amide bonds. The predicted octanol–water partition coefficient (Wildman–Crippen LogP) is 4.37. The van der Waals surface area contributed by atoms with E-state index < -0.39 is 0 Å². The van der Waals surface area contributed by atoms with Gasteiger partial charge in [-0.25, -0.2) is 4.68 Å². The van der Waals surface area contributed by atoms with Gasteiger partial charge in [0, 0.05) is 12.1 Å². The van der Waals surface area contributed by atoms with Gasteiger partial charge in [-0.15, -0.1) is 0 Å². The minimum Gasteiger partial charge on any atom is -0.324 e. The van der Waals surface area contributed by atoms with E-state index in [1.54, 1.807) is 0 Å². The molecule has 0 aliphatic carbocycles. The summed E-state index contributed by atoms with van der Waals surface area (Å²) in [6.07, 6.45) is 1.18. The minimum atomic E-state index is 0.00885. The molecule has 1 N–H and O–H groups in total. The highest BCUT2D eigenvalue weighted by Gasteiger charge is 2.11. The molecule has 0 aliphatic heterocycles. The fourth-order valence-corrected chi connectivity index (χ4v) is 2.86. The molecule has 0 saturated carbocycles. The smallest absolute Gasteiger partial charge is 0.224 e. The Morgan fingerprint density at radius 1 is 1.04 bits per heavy atom. The molecule has 0 saturated heterocycles. The number of carbonyl (C=O) groups is 1. The van der Waals surface area contributed by atoms with Gasteiger partial charge in [0.2, 0.25) is 5.91 Å². The molecule has 0 atom stereocenters. The monoisotopic (exact) mass is 333 g/mol. The first-order valence-corrected chi connectivity index (χ1v) is 8.51. The lowest BCUT2D eigenvalue weighted by atomic mass is 10.1. The van der Waals surface area contributed by atoms with Crippen LogP contribution in [0.5, 0.6) is 0 Å². The molecular weight excluding hydrogens is 310 g/mol. The summed E-state index contributed by atoms with van der Waals surface area (Å²) in [5.74, 6) is 0.00885. The zero-order valence-electron chi connectivity index (χ0n) is 14.9. The van der Waals surface area contributed by atoms with Crippen molar-refractivity contribution in [1.82, 2.24) is 9.78 Å². The van der Waals surface area contributed by atoms with E-state index >= 15 is 0 Å². The molecule has 4 nitrogen and oxygen atoms in total. The number of benzene rings is 2. The fraction of sp³-hybridized carbons (Fsp3) is 0.238. The molecule has 0 spiro atoms. The molecule has 0 unspecified atom stereocenters. The number of anilines is 1. The van der Waals surface area contributed by atoms with Crippen molar-refractivity contribution < 1.29 is 4.79 Å². The van der Waals surface area contributed by atoms with Gasteiger partial charge in [-0.3, -0.25) is 4.79 Å². The normalized spacial score (nSPS) is 10.7. The zero-order chi connectivity index (χ0) is 17.8. The molecule has 0 bridgehead atoms. The van der Waals surface area contributed by atoms with E-state index in [1.165, 1.54) is 11.1 Å². The highest BCUT2D eigenvalue weighted by molar-refractivity contribution is 5.92. The highest BCUT2D eigenvalue weighted by Crippen LogP contribution is 2.22. The standard InChI is InChI=1S/C21H23N3O/c1-15-8-10-18(11-9-15)12-13-21(25)22-19-6-4-5-7-20(19)24-17(3)14-16(2)23-24/h4-11,14H,12-13H2,1-3H3,(H,22,25). The second-order valence-electron chi connectivity index (χ2n) is 6.39. The van der Waals surface area contributed by atoms with Crippen LogP contribution in [0.1, 0.15) is 28.9 Å². The van der Waals surface area contributed by atoms with Crippen LogP contribution in [0.4, 0.5) is 5.69 Å². The number of rotatable bonds is 5. The van der Waals surface area contributed by atoms with Crippen molar-refractivity contribution in [2.24, 2.45) is 0 Å². The molecule has 4 heteroatoms. The lowest BCUT2D eigenvalue weighted by Crippen LogP contribution is -2.14. The molecule has 3 aromatic rings. The van der Waals surface area contributed by atoms with Crippen molar-refractivity contribution in [2.75, 3.05) is 5.32 Å². The SMILES string of the molecule is Cc1ccc(CCC(=O)Nc2ccccc2-n2nc(C)cc2C)cc1. The Balaban J connectivity index is 1.71. The van der Waals surface area contributed by atoms with Crippen molar-refractivity contribution >= 4 is 11.6 Å². The number of para-hydroxylation sites is 2. The van der Waals surface area contributed by atoms with Gasteiger partial charge in [0.25, 0.3) is 0 Å². The summed E-state index contributed by atoms with van der Waals surface area (Å²) >= 11 is 0. The van der Waals surface area contributed by atoms with Gasteiger partial charge < -0.3 is 5.32 Å². The Morgan fingerprint density at radius 3 is 2.44 bits per heavy atom. The highest BCUT2D eigenvalue weighted by atomic mass is 16.1. The first kappa shape index (κ1) is 17.0. The Labute approximate surface area is 148 Å². The Morgan fingerprint density at radius 2 is 1.76 bits per heavy atom. The first-order chi connectivity index (χ1) is 12.0. The van der Waals surface area contributed by atoms with Crippen molar-refractivity contribution in [3.8, 4) is 5.69 Å². The van der Waals surface area contributed by atoms with Crippen LogP contribution in [0.15, 0.2) is 54.6 Å². The average molecular weight is 333 g/mol. The van der Waals surface area contributed by atoms with Crippen LogP contribution in [0.25, 0.3) is 5.69 Å². The topological polar surface area (TPSA) is 46.9 Å². The number of amides is 1. The van der Waals surface area contributed by atoms with E-state index in [1.807, 2.05) is 48.9 Å². The maximum atomic E-state index is 12.4. The third kappa shape index (κ3) is 4.15. The molecular formula is C21H23N3O. The van der Waals surface area contributed by atoms with E-state index in [9.17, 15) is 4.79 Å². The number of hydrogen-bond donors (Lipinski definition) is 1. The van der Waals surface area contributed by atoms with E-state index in [0.717, 1.165) is 29.2 Å². The quantitative estimate of drug-likeness (QED) is 0.754. The van der Waals surface area contributed by atoms with Crippen LogP contribution in [-0.2, 0) is 11.2 Å². The maximum Gasteiger partial charge on any atom is 0.224 e. The molecule has 1 heterocycles. The third-order valence-electron chi connectivity index (χ3n) is 4.18. The second kappa shape index (κ2) is 7.34. The van der Waals surface area contributed by atoms with Crippen molar-refractivity contribution in [3.63, 3.8) is 0 Å². The summed E-state index contributed by atoms with van der Waals surface area (Å²) < 4.78 is 1.87. The number of aryl methyl sites for hydroxylation is 4. The lowest BCUT2D eigenvalue weighted by Gasteiger charge is -2.12. The molecule has 0 fully saturated rings. The Bertz CT molecular complexity index is 878. The molecule has 0 radical (unpaired) electrons. The number of carbonyl (C=O) groups excluding carboxylic acids is 1. The van der Waals surface area contributed by atoms with Gasteiger partial charge in [0.1, 0.15) is 0 Å². The van der Waals surface area contributed by atoms with Crippen LogP contribution >= 0.6 is 0 Å². The van der Waals surface area contributed by atoms with Gasteiger partial charge in [-0.1, -0.05) is 42.0 Å². The number of nitrogens with zero attached hydrogens (tertiary/aromatic N) is 2. The number of nitrogens with one attached hydrogen (secondary N) is 1. The number of hydrogen-bond acceptors (Lipinski definition) is 2. The van der Waals surface area contributed by atoms with Gasteiger partial charge in [0.15, 0.2) is 0 Å². The van der Waals surface area contributed by atoms with Crippen LogP contribution < -0.4 is 5.32 Å². The summed E-state index contributed by atoms with van der Waals surface area (Å²) in [6.45, 7) is 6.04. The van der Waals surface area contributed by atoms with Crippen LogP contribution in [0.2, 0.25) is 0 Å². The summed E-state index contributed by atoms with van der Waals surface area (Å²) in [5.41, 5.74) is 6.07. The van der Waals surface area contributed by atoms with Crippen LogP contribution in [0.3, 0.4) is 0 Å². The summed E-state index contributed by atoms with van der Waals surface area (Å²) in [6, 6.07) is 18.1. The molecule has 1 aromatic heterocycles. The zero-order valence-corrected chi connectivity index (χ0v) is 14.9. The van der Waals surface area contributed by atoms with E-state index in [2.05, 4.69) is 41.6 Å². The largest absolute Gasteiger partial charge is 0.324 e. The predicted molar refractivity (Wildman–Crippen MR) is 101 cm³/mol. The average Bonchev–Trinajstić information content (AvgIpc) is 2.93. The molecule has 0 aliphatic rings.